The number of hydrazine groups is 1. The lowest BCUT2D eigenvalue weighted by Gasteiger charge is -2.12. The number of rotatable bonds is 2. The molecule has 2 aromatic carbocycles. The zero-order valence-corrected chi connectivity index (χ0v) is 16.4. The van der Waals surface area contributed by atoms with Crippen molar-refractivity contribution in [1.29, 1.82) is 0 Å². The van der Waals surface area contributed by atoms with Crippen molar-refractivity contribution in [3.63, 3.8) is 0 Å². The maximum absolute atomic E-state index is 13.6. The Morgan fingerprint density at radius 3 is 2.83 bits per heavy atom. The second kappa shape index (κ2) is 7.59. The topological polar surface area (TPSA) is 88.0 Å². The first-order valence-electron chi connectivity index (χ1n) is 9.09. The number of thiocarbonyl (C=S) groups is 1. The molecule has 0 saturated carbocycles. The van der Waals surface area contributed by atoms with Gasteiger partial charge in [0.2, 0.25) is 0 Å². The van der Waals surface area contributed by atoms with Crippen molar-refractivity contribution >= 4 is 39.8 Å². The minimum Gasteiger partial charge on any atom is -0.331 e. The molecule has 7 nitrogen and oxygen atoms in total. The van der Waals surface area contributed by atoms with Crippen molar-refractivity contribution in [1.82, 2.24) is 20.4 Å². The number of hydrogen-bond donors (Lipinski definition) is 3. The van der Waals surface area contributed by atoms with Gasteiger partial charge < -0.3 is 5.32 Å². The van der Waals surface area contributed by atoms with Crippen molar-refractivity contribution in [2.75, 3.05) is 5.32 Å². The van der Waals surface area contributed by atoms with Crippen LogP contribution in [-0.2, 0) is 13.0 Å². The van der Waals surface area contributed by atoms with Gasteiger partial charge in [0.1, 0.15) is 11.6 Å². The van der Waals surface area contributed by atoms with Gasteiger partial charge in [-0.05, 0) is 61.5 Å². The molecule has 1 amide bonds. The van der Waals surface area contributed by atoms with Crippen LogP contribution in [0.15, 0.2) is 41.2 Å². The third-order valence-corrected chi connectivity index (χ3v) is 5.00. The number of carbonyl (C=O) groups excluding carboxylic acids is 1. The van der Waals surface area contributed by atoms with E-state index in [9.17, 15) is 14.0 Å². The molecule has 1 aliphatic heterocycles. The highest BCUT2D eigenvalue weighted by molar-refractivity contribution is 7.80. The van der Waals surface area contributed by atoms with Gasteiger partial charge in [-0.1, -0.05) is 6.07 Å². The Morgan fingerprint density at radius 1 is 1.21 bits per heavy atom. The van der Waals surface area contributed by atoms with Crippen LogP contribution < -0.4 is 21.7 Å². The highest BCUT2D eigenvalue weighted by Crippen LogP contribution is 2.16. The summed E-state index contributed by atoms with van der Waals surface area (Å²) in [4.78, 5) is 29.4. The average Bonchev–Trinajstić information content (AvgIpc) is 3.17. The first kappa shape index (κ1) is 19.0. The number of fused-ring (bicyclic) bond motifs is 2. The number of aromatic nitrogens is 2. The quantitative estimate of drug-likeness (QED) is 0.443. The van der Waals surface area contributed by atoms with Crippen LogP contribution in [-0.4, -0.2) is 20.6 Å². The Morgan fingerprint density at radius 2 is 2.03 bits per heavy atom. The second-order valence-corrected chi connectivity index (χ2v) is 7.23. The number of anilines is 1. The van der Waals surface area contributed by atoms with Crippen molar-refractivity contribution < 1.29 is 9.18 Å². The molecule has 0 aliphatic carbocycles. The molecule has 2 heterocycles. The zero-order chi connectivity index (χ0) is 20.5. The van der Waals surface area contributed by atoms with Crippen molar-refractivity contribution in [3.05, 3.63) is 69.5 Å². The summed E-state index contributed by atoms with van der Waals surface area (Å²) >= 11 is 5.11. The lowest BCUT2D eigenvalue weighted by molar-refractivity contribution is 0.0944. The van der Waals surface area contributed by atoms with Crippen LogP contribution in [0, 0.1) is 12.7 Å². The number of benzene rings is 2. The van der Waals surface area contributed by atoms with Gasteiger partial charge in [0.15, 0.2) is 5.11 Å². The van der Waals surface area contributed by atoms with Crippen molar-refractivity contribution in [3.8, 4) is 0 Å². The Labute approximate surface area is 170 Å². The molecule has 0 atom stereocenters. The predicted molar refractivity (Wildman–Crippen MR) is 112 cm³/mol. The Balaban J connectivity index is 1.45. The van der Waals surface area contributed by atoms with Gasteiger partial charge in [0, 0.05) is 24.2 Å². The monoisotopic (exact) mass is 411 g/mol. The van der Waals surface area contributed by atoms with Gasteiger partial charge in [0.05, 0.1) is 10.9 Å². The third kappa shape index (κ3) is 3.81. The molecule has 4 rings (SSSR count). The molecule has 0 bridgehead atoms. The molecule has 0 fully saturated rings. The summed E-state index contributed by atoms with van der Waals surface area (Å²) in [7, 11) is 0. The Kier molecular flexibility index (Phi) is 4.98. The van der Waals surface area contributed by atoms with E-state index in [1.807, 2.05) is 0 Å². The van der Waals surface area contributed by atoms with Crippen LogP contribution >= 0.6 is 12.2 Å². The minimum absolute atomic E-state index is 0.0803. The summed E-state index contributed by atoms with van der Waals surface area (Å²) in [6.07, 6.45) is 1.65. The fraction of sp³-hybridized carbons (Fsp3) is 0.200. The van der Waals surface area contributed by atoms with Gasteiger partial charge in [-0.25, -0.2) is 9.37 Å². The van der Waals surface area contributed by atoms with Crippen LogP contribution in [0.2, 0.25) is 0 Å². The predicted octanol–water partition coefficient (Wildman–Crippen LogP) is 2.42. The van der Waals surface area contributed by atoms with Gasteiger partial charge in [-0.2, -0.15) is 0 Å². The second-order valence-electron chi connectivity index (χ2n) is 6.82. The molecule has 0 saturated heterocycles. The smallest absolute Gasteiger partial charge is 0.269 e. The maximum atomic E-state index is 13.6. The minimum atomic E-state index is -0.437. The van der Waals surface area contributed by atoms with Gasteiger partial charge >= 0.3 is 0 Å². The van der Waals surface area contributed by atoms with Crippen LogP contribution in [0.1, 0.15) is 28.2 Å². The van der Waals surface area contributed by atoms with Crippen molar-refractivity contribution in [2.45, 2.75) is 26.3 Å². The summed E-state index contributed by atoms with van der Waals surface area (Å²) < 4.78 is 15.3. The van der Waals surface area contributed by atoms with Gasteiger partial charge in [-0.15, -0.1) is 0 Å². The SMILES string of the molecule is Cc1ccc(NC(=S)NNC(=O)c2ccc3c(=O)n4c(nc3c2)CCC4)cc1F. The molecule has 0 unspecified atom stereocenters. The lowest BCUT2D eigenvalue weighted by Crippen LogP contribution is -2.43. The van der Waals surface area contributed by atoms with Crippen LogP contribution in [0.3, 0.4) is 0 Å². The zero-order valence-electron chi connectivity index (χ0n) is 15.6. The number of carbonyl (C=O) groups is 1. The largest absolute Gasteiger partial charge is 0.331 e. The molecule has 1 aromatic heterocycles. The van der Waals surface area contributed by atoms with E-state index in [0.717, 1.165) is 18.7 Å². The molecule has 3 N–H and O–H groups in total. The Hall–Kier alpha value is -3.33. The van der Waals surface area contributed by atoms with Crippen LogP contribution in [0.25, 0.3) is 10.9 Å². The molecule has 1 aliphatic rings. The summed E-state index contributed by atoms with van der Waals surface area (Å²) in [5.74, 6) is -0.0460. The van der Waals surface area contributed by atoms with E-state index in [2.05, 4.69) is 21.2 Å². The molecule has 29 heavy (non-hydrogen) atoms. The van der Waals surface area contributed by atoms with E-state index in [4.69, 9.17) is 12.2 Å². The van der Waals surface area contributed by atoms with E-state index in [-0.39, 0.29) is 16.5 Å². The fourth-order valence-electron chi connectivity index (χ4n) is 3.24. The fourth-order valence-corrected chi connectivity index (χ4v) is 3.41. The Bertz CT molecular complexity index is 1210. The summed E-state index contributed by atoms with van der Waals surface area (Å²) in [5, 5.41) is 3.38. The number of hydrogen-bond acceptors (Lipinski definition) is 4. The molecule has 0 spiro atoms. The van der Waals surface area contributed by atoms with E-state index in [0.29, 0.717) is 34.3 Å². The molecular formula is C20H18FN5O2S. The summed E-state index contributed by atoms with van der Waals surface area (Å²) in [6, 6.07) is 9.38. The van der Waals surface area contributed by atoms with E-state index >= 15 is 0 Å². The first-order chi connectivity index (χ1) is 13.9. The third-order valence-electron chi connectivity index (χ3n) is 4.80. The van der Waals surface area contributed by atoms with Crippen LogP contribution in [0.5, 0.6) is 0 Å². The van der Waals surface area contributed by atoms with E-state index in [1.54, 1.807) is 41.8 Å². The standard InChI is InChI=1S/C20H18FN5O2S/c1-11-4-6-13(10-15(11)21)22-20(29)25-24-18(27)12-5-7-14-16(9-12)23-17-3-2-8-26(17)19(14)28/h4-7,9-10H,2-3,8H2,1H3,(H,24,27)(H2,22,25,29). The average molecular weight is 411 g/mol. The van der Waals surface area contributed by atoms with Crippen molar-refractivity contribution in [2.24, 2.45) is 0 Å². The van der Waals surface area contributed by atoms with E-state index < -0.39 is 5.91 Å². The number of nitrogens with zero attached hydrogens (tertiary/aromatic N) is 2. The van der Waals surface area contributed by atoms with Crippen LogP contribution in [0.4, 0.5) is 10.1 Å². The highest BCUT2D eigenvalue weighted by Gasteiger charge is 2.17. The first-order valence-corrected chi connectivity index (χ1v) is 9.50. The lowest BCUT2D eigenvalue weighted by atomic mass is 10.1. The molecular weight excluding hydrogens is 393 g/mol. The molecule has 0 radical (unpaired) electrons. The number of amides is 1. The maximum Gasteiger partial charge on any atom is 0.269 e. The highest BCUT2D eigenvalue weighted by atomic mass is 32.1. The summed E-state index contributed by atoms with van der Waals surface area (Å²) in [5.41, 5.74) is 6.79. The number of aryl methyl sites for hydroxylation is 2. The van der Waals surface area contributed by atoms with E-state index in [1.165, 1.54) is 6.07 Å². The molecule has 9 heteroatoms. The van der Waals surface area contributed by atoms with Gasteiger partial charge in [-0.3, -0.25) is 25.0 Å². The summed E-state index contributed by atoms with van der Waals surface area (Å²) in [6.45, 7) is 2.34. The molecule has 148 valence electrons. The molecule has 3 aromatic rings. The normalized spacial score (nSPS) is 12.5. The number of halogens is 1. The number of nitrogens with one attached hydrogen (secondary N) is 3. The van der Waals surface area contributed by atoms with Gasteiger partial charge in [0.25, 0.3) is 11.5 Å².